The van der Waals surface area contributed by atoms with Crippen molar-refractivity contribution in [3.8, 4) is 73.0 Å². The largest absolute Gasteiger partial charge is 0.309 e. The Bertz CT molecular complexity index is 2850. The molecule has 0 unspecified atom stereocenters. The van der Waals surface area contributed by atoms with E-state index in [0.29, 0.717) is 5.82 Å². The molecular weight excluding hydrogens is 669 g/mol. The minimum absolute atomic E-state index is 0.688. The first-order valence-corrected chi connectivity index (χ1v) is 18.5. The van der Waals surface area contributed by atoms with Crippen molar-refractivity contribution in [3.63, 3.8) is 0 Å². The number of nitrogens with zero attached hydrogens (tertiary/aromatic N) is 4. The second-order valence-corrected chi connectivity index (χ2v) is 13.7. The van der Waals surface area contributed by atoms with E-state index in [1.807, 2.05) is 24.5 Å². The van der Waals surface area contributed by atoms with Gasteiger partial charge < -0.3 is 4.57 Å². The molecule has 7 aromatic carbocycles. The van der Waals surface area contributed by atoms with E-state index in [2.05, 4.69) is 192 Å². The van der Waals surface area contributed by atoms with Crippen LogP contribution >= 0.6 is 0 Å². The van der Waals surface area contributed by atoms with E-state index < -0.39 is 0 Å². The van der Waals surface area contributed by atoms with E-state index in [-0.39, 0.29) is 0 Å². The molecule has 0 amide bonds. The summed E-state index contributed by atoms with van der Waals surface area (Å²) < 4.78 is 2.31. The molecule has 0 spiro atoms. The number of aromatic nitrogens is 4. The van der Waals surface area contributed by atoms with E-state index in [9.17, 15) is 0 Å². The molecule has 0 saturated heterocycles. The Kier molecular flexibility index (Phi) is 8.12. The number of hydrogen-bond acceptors (Lipinski definition) is 3. The number of para-hydroxylation sites is 1. The molecule has 0 aliphatic rings. The van der Waals surface area contributed by atoms with Gasteiger partial charge in [0.05, 0.1) is 22.4 Å². The van der Waals surface area contributed by atoms with Crippen molar-refractivity contribution in [2.45, 2.75) is 0 Å². The standard InChI is InChI=1S/C51H34N4/c1-4-12-35(13-5-1)39-16-10-18-42(30-39)48-33-47(53-51(54-48)43-19-11-17-40(31-43)36-14-6-2-7-15-36)38-24-22-37(23-25-38)41-26-27-49-45(32-41)46-34-52-29-28-50(46)55(49)44-20-8-3-9-21-44/h1-34H. The summed E-state index contributed by atoms with van der Waals surface area (Å²) in [6.07, 6.45) is 3.84. The van der Waals surface area contributed by atoms with Gasteiger partial charge >= 0.3 is 0 Å². The summed E-state index contributed by atoms with van der Waals surface area (Å²) in [5.41, 5.74) is 15.1. The molecule has 4 heteroatoms. The Morgan fingerprint density at radius 1 is 0.327 bits per heavy atom. The Morgan fingerprint density at radius 3 is 1.51 bits per heavy atom. The summed E-state index contributed by atoms with van der Waals surface area (Å²) >= 11 is 0. The van der Waals surface area contributed by atoms with Crippen LogP contribution < -0.4 is 0 Å². The third-order valence-corrected chi connectivity index (χ3v) is 10.3. The molecule has 3 heterocycles. The maximum Gasteiger partial charge on any atom is 0.160 e. The summed E-state index contributed by atoms with van der Waals surface area (Å²) in [5, 5.41) is 2.31. The van der Waals surface area contributed by atoms with Crippen LogP contribution in [-0.2, 0) is 0 Å². The van der Waals surface area contributed by atoms with Crippen LogP contribution in [0.1, 0.15) is 0 Å². The van der Waals surface area contributed by atoms with Gasteiger partial charge in [0.1, 0.15) is 0 Å². The van der Waals surface area contributed by atoms with Crippen molar-refractivity contribution < 1.29 is 0 Å². The number of fused-ring (bicyclic) bond motifs is 3. The summed E-state index contributed by atoms with van der Waals surface area (Å²) in [4.78, 5) is 14.9. The normalized spacial score (nSPS) is 11.3. The van der Waals surface area contributed by atoms with Gasteiger partial charge in [0, 0.05) is 45.5 Å². The zero-order chi connectivity index (χ0) is 36.6. The zero-order valence-electron chi connectivity index (χ0n) is 29.9. The fourth-order valence-electron chi connectivity index (χ4n) is 7.56. The topological polar surface area (TPSA) is 43.6 Å². The number of benzene rings is 7. The highest BCUT2D eigenvalue weighted by atomic mass is 15.0. The predicted molar refractivity (Wildman–Crippen MR) is 227 cm³/mol. The van der Waals surface area contributed by atoms with E-state index in [0.717, 1.165) is 78.0 Å². The quantitative estimate of drug-likeness (QED) is 0.166. The van der Waals surface area contributed by atoms with Gasteiger partial charge in [-0.05, 0) is 81.9 Å². The smallest absolute Gasteiger partial charge is 0.160 e. The Labute approximate surface area is 319 Å². The predicted octanol–water partition coefficient (Wildman–Crippen LogP) is 13.0. The van der Waals surface area contributed by atoms with Crippen LogP contribution in [0.2, 0.25) is 0 Å². The number of rotatable bonds is 7. The summed E-state index contributed by atoms with van der Waals surface area (Å²) in [7, 11) is 0. The van der Waals surface area contributed by atoms with Crippen molar-refractivity contribution in [1.29, 1.82) is 0 Å². The molecule has 10 aromatic rings. The van der Waals surface area contributed by atoms with Gasteiger partial charge in [0.2, 0.25) is 0 Å². The summed E-state index contributed by atoms with van der Waals surface area (Å²) in [6.45, 7) is 0. The van der Waals surface area contributed by atoms with E-state index >= 15 is 0 Å². The minimum Gasteiger partial charge on any atom is -0.309 e. The molecule has 258 valence electrons. The van der Waals surface area contributed by atoms with Crippen LogP contribution in [-0.4, -0.2) is 19.5 Å². The van der Waals surface area contributed by atoms with Crippen LogP contribution in [0.25, 0.3) is 94.8 Å². The average Bonchev–Trinajstić information content (AvgIpc) is 3.61. The van der Waals surface area contributed by atoms with E-state index in [1.54, 1.807) is 0 Å². The van der Waals surface area contributed by atoms with Gasteiger partial charge in [0.15, 0.2) is 5.82 Å². The van der Waals surface area contributed by atoms with Crippen molar-refractivity contribution in [2.75, 3.05) is 0 Å². The zero-order valence-corrected chi connectivity index (χ0v) is 29.9. The molecule has 0 radical (unpaired) electrons. The molecule has 4 nitrogen and oxygen atoms in total. The van der Waals surface area contributed by atoms with Crippen molar-refractivity contribution in [3.05, 3.63) is 207 Å². The van der Waals surface area contributed by atoms with Crippen molar-refractivity contribution in [1.82, 2.24) is 19.5 Å². The third kappa shape index (κ3) is 6.16. The monoisotopic (exact) mass is 702 g/mol. The molecular formula is C51H34N4. The molecule has 0 aliphatic heterocycles. The van der Waals surface area contributed by atoms with Gasteiger partial charge in [-0.2, -0.15) is 0 Å². The summed E-state index contributed by atoms with van der Waals surface area (Å²) in [6, 6.07) is 68.2. The molecule has 0 aliphatic carbocycles. The Morgan fingerprint density at radius 2 is 0.818 bits per heavy atom. The highest BCUT2D eigenvalue weighted by molar-refractivity contribution is 6.10. The van der Waals surface area contributed by atoms with E-state index in [1.165, 1.54) is 10.9 Å². The first kappa shape index (κ1) is 32.2. The first-order valence-electron chi connectivity index (χ1n) is 18.5. The molecule has 55 heavy (non-hydrogen) atoms. The van der Waals surface area contributed by atoms with Crippen LogP contribution in [0.4, 0.5) is 0 Å². The maximum absolute atomic E-state index is 5.20. The van der Waals surface area contributed by atoms with Crippen LogP contribution in [0.5, 0.6) is 0 Å². The minimum atomic E-state index is 0.688. The molecule has 0 saturated carbocycles. The van der Waals surface area contributed by atoms with Gasteiger partial charge in [-0.25, -0.2) is 9.97 Å². The molecule has 3 aromatic heterocycles. The number of hydrogen-bond donors (Lipinski definition) is 0. The highest BCUT2D eigenvalue weighted by Gasteiger charge is 2.15. The van der Waals surface area contributed by atoms with Crippen LogP contribution in [0.15, 0.2) is 207 Å². The van der Waals surface area contributed by atoms with Crippen molar-refractivity contribution in [2.24, 2.45) is 0 Å². The molecule has 10 rings (SSSR count). The first-order chi connectivity index (χ1) is 27.2. The Balaban J connectivity index is 1.06. The highest BCUT2D eigenvalue weighted by Crippen LogP contribution is 2.36. The van der Waals surface area contributed by atoms with E-state index in [4.69, 9.17) is 9.97 Å². The van der Waals surface area contributed by atoms with Crippen LogP contribution in [0.3, 0.4) is 0 Å². The Hall–Kier alpha value is -7.43. The fourth-order valence-corrected chi connectivity index (χ4v) is 7.56. The van der Waals surface area contributed by atoms with Crippen LogP contribution in [0, 0.1) is 0 Å². The second kappa shape index (κ2) is 13.8. The average molecular weight is 703 g/mol. The lowest BCUT2D eigenvalue weighted by atomic mass is 9.99. The lowest BCUT2D eigenvalue weighted by Crippen LogP contribution is -1.96. The number of pyridine rings is 1. The third-order valence-electron chi connectivity index (χ3n) is 10.3. The molecule has 0 bridgehead atoms. The summed E-state index contributed by atoms with van der Waals surface area (Å²) in [5.74, 6) is 0.688. The maximum atomic E-state index is 5.20. The lowest BCUT2D eigenvalue weighted by molar-refractivity contribution is 1.17. The van der Waals surface area contributed by atoms with Gasteiger partial charge in [-0.3, -0.25) is 4.98 Å². The van der Waals surface area contributed by atoms with Gasteiger partial charge in [-0.15, -0.1) is 0 Å². The van der Waals surface area contributed by atoms with Gasteiger partial charge in [-0.1, -0.05) is 146 Å². The fraction of sp³-hybridized carbons (Fsp3) is 0. The molecule has 0 fully saturated rings. The van der Waals surface area contributed by atoms with Gasteiger partial charge in [0.25, 0.3) is 0 Å². The lowest BCUT2D eigenvalue weighted by Gasteiger charge is -2.12. The SMILES string of the molecule is c1ccc(-c2cccc(-c3cc(-c4ccc(-c5ccc6c(c5)c5cnccc5n6-c5ccccc5)cc4)nc(-c4cccc(-c5ccccc5)c4)n3)c2)cc1. The van der Waals surface area contributed by atoms with Crippen molar-refractivity contribution >= 4 is 21.8 Å². The second-order valence-electron chi connectivity index (χ2n) is 13.7. The molecule has 0 N–H and O–H groups in total. The molecule has 0 atom stereocenters.